The summed E-state index contributed by atoms with van der Waals surface area (Å²) in [6.45, 7) is 7.49. The fraction of sp³-hybridized carbons (Fsp3) is 0.348. The van der Waals surface area contributed by atoms with Gasteiger partial charge in [-0.1, -0.05) is 45.4 Å². The Hall–Kier alpha value is -2.71. The predicted molar refractivity (Wildman–Crippen MR) is 121 cm³/mol. The number of benzene rings is 2. The van der Waals surface area contributed by atoms with Crippen LogP contribution in [0.1, 0.15) is 17.0 Å². The maximum atomic E-state index is 12.6. The van der Waals surface area contributed by atoms with Gasteiger partial charge in [-0.3, -0.25) is 9.69 Å². The molecule has 0 atom stereocenters. The number of piperazine rings is 1. The Labute approximate surface area is 190 Å². The molecule has 1 amide bonds. The summed E-state index contributed by atoms with van der Waals surface area (Å²) in [5.74, 6) is 1.93. The van der Waals surface area contributed by atoms with Crippen molar-refractivity contribution in [3.05, 3.63) is 64.0 Å². The Morgan fingerprint density at radius 3 is 2.68 bits per heavy atom. The zero-order valence-electron chi connectivity index (χ0n) is 17.7. The third-order valence-electron chi connectivity index (χ3n) is 5.54. The van der Waals surface area contributed by atoms with Crippen molar-refractivity contribution in [2.45, 2.75) is 20.4 Å². The second-order valence-corrected chi connectivity index (χ2v) is 8.58. The molecule has 1 saturated heterocycles. The number of nitrogens with zero attached hydrogens (tertiary/aromatic N) is 4. The normalized spacial score (nSPS) is 14.6. The van der Waals surface area contributed by atoms with Crippen LogP contribution in [0, 0.1) is 13.8 Å². The molecular formula is C23H25BrN4O3. The van der Waals surface area contributed by atoms with Crippen molar-refractivity contribution in [1.82, 2.24) is 19.9 Å². The predicted octanol–water partition coefficient (Wildman–Crippen LogP) is 3.84. The quantitative estimate of drug-likeness (QED) is 0.529. The van der Waals surface area contributed by atoms with E-state index in [0.29, 0.717) is 31.3 Å². The van der Waals surface area contributed by atoms with Crippen LogP contribution in [-0.4, -0.2) is 58.6 Å². The maximum Gasteiger partial charge on any atom is 0.260 e. The number of hydrogen-bond donors (Lipinski definition) is 0. The number of amides is 1. The van der Waals surface area contributed by atoms with Gasteiger partial charge in [0.25, 0.3) is 5.91 Å². The van der Waals surface area contributed by atoms with Gasteiger partial charge in [-0.15, -0.1) is 0 Å². The Morgan fingerprint density at radius 2 is 1.90 bits per heavy atom. The number of rotatable bonds is 6. The minimum atomic E-state index is 0.00953. The van der Waals surface area contributed by atoms with Crippen LogP contribution in [0.3, 0.4) is 0 Å². The van der Waals surface area contributed by atoms with E-state index in [4.69, 9.17) is 9.26 Å². The SMILES string of the molecule is Cc1cccc(OCC(=O)N2CCN(Cc3nc(-c4cccc(Br)c4)no3)CC2)c1C. The Bertz CT molecular complexity index is 1060. The number of aromatic nitrogens is 2. The molecule has 4 rings (SSSR count). The van der Waals surface area contributed by atoms with Crippen LogP contribution >= 0.6 is 15.9 Å². The van der Waals surface area contributed by atoms with E-state index in [2.05, 4.69) is 31.0 Å². The summed E-state index contributed by atoms with van der Waals surface area (Å²) in [6.07, 6.45) is 0. The third-order valence-corrected chi connectivity index (χ3v) is 6.03. The lowest BCUT2D eigenvalue weighted by Gasteiger charge is -2.33. The lowest BCUT2D eigenvalue weighted by atomic mass is 10.1. The smallest absolute Gasteiger partial charge is 0.260 e. The highest BCUT2D eigenvalue weighted by Crippen LogP contribution is 2.22. The van der Waals surface area contributed by atoms with E-state index >= 15 is 0 Å². The summed E-state index contributed by atoms with van der Waals surface area (Å²) in [6, 6.07) is 13.7. The first-order valence-corrected chi connectivity index (χ1v) is 11.1. The van der Waals surface area contributed by atoms with Gasteiger partial charge in [0.15, 0.2) is 6.61 Å². The second kappa shape index (κ2) is 9.62. The number of aryl methyl sites for hydroxylation is 1. The fourth-order valence-corrected chi connectivity index (χ4v) is 3.92. The number of carbonyl (C=O) groups excluding carboxylic acids is 1. The second-order valence-electron chi connectivity index (χ2n) is 7.67. The lowest BCUT2D eigenvalue weighted by Crippen LogP contribution is -2.49. The van der Waals surface area contributed by atoms with E-state index in [0.717, 1.165) is 40.0 Å². The fourth-order valence-electron chi connectivity index (χ4n) is 3.52. The van der Waals surface area contributed by atoms with Gasteiger partial charge in [-0.25, -0.2) is 0 Å². The molecule has 31 heavy (non-hydrogen) atoms. The Morgan fingerprint density at radius 1 is 1.13 bits per heavy atom. The van der Waals surface area contributed by atoms with Crippen LogP contribution in [0.4, 0.5) is 0 Å². The van der Waals surface area contributed by atoms with Gasteiger partial charge in [-0.05, 0) is 43.2 Å². The van der Waals surface area contributed by atoms with E-state index in [1.165, 1.54) is 0 Å². The van der Waals surface area contributed by atoms with Crippen molar-refractivity contribution < 1.29 is 14.1 Å². The molecule has 1 aromatic heterocycles. The summed E-state index contributed by atoms with van der Waals surface area (Å²) in [5, 5.41) is 4.09. The molecule has 1 fully saturated rings. The molecule has 3 aromatic rings. The van der Waals surface area contributed by atoms with Gasteiger partial charge in [0.2, 0.25) is 11.7 Å². The van der Waals surface area contributed by atoms with Gasteiger partial charge in [-0.2, -0.15) is 4.98 Å². The van der Waals surface area contributed by atoms with Gasteiger partial charge in [0, 0.05) is 36.2 Å². The van der Waals surface area contributed by atoms with Crippen LogP contribution in [0.5, 0.6) is 5.75 Å². The average Bonchev–Trinajstić information content (AvgIpc) is 3.24. The van der Waals surface area contributed by atoms with E-state index < -0.39 is 0 Å². The average molecular weight is 485 g/mol. The van der Waals surface area contributed by atoms with Gasteiger partial charge in [0.05, 0.1) is 6.54 Å². The first-order chi connectivity index (χ1) is 15.0. The zero-order chi connectivity index (χ0) is 21.8. The molecule has 162 valence electrons. The zero-order valence-corrected chi connectivity index (χ0v) is 19.3. The van der Waals surface area contributed by atoms with Crippen LogP contribution in [0.25, 0.3) is 11.4 Å². The standard InChI is InChI=1S/C23H25BrN4O3/c1-16-5-3-8-20(17(16)2)30-15-22(29)28-11-9-27(10-12-28)14-21-25-23(26-31-21)18-6-4-7-19(24)13-18/h3-8,13H,9-12,14-15H2,1-2H3. The molecule has 0 N–H and O–H groups in total. The minimum absolute atomic E-state index is 0.00953. The lowest BCUT2D eigenvalue weighted by molar-refractivity contribution is -0.135. The van der Waals surface area contributed by atoms with Gasteiger partial charge < -0.3 is 14.2 Å². The van der Waals surface area contributed by atoms with Crippen LogP contribution in [-0.2, 0) is 11.3 Å². The number of halogens is 1. The molecule has 0 saturated carbocycles. The molecule has 8 heteroatoms. The van der Waals surface area contributed by atoms with E-state index in [1.54, 1.807) is 0 Å². The first kappa shape index (κ1) is 21.5. The van der Waals surface area contributed by atoms with E-state index in [-0.39, 0.29) is 12.5 Å². The molecule has 0 unspecified atom stereocenters. The summed E-state index contributed by atoms with van der Waals surface area (Å²) in [7, 11) is 0. The highest BCUT2D eigenvalue weighted by molar-refractivity contribution is 9.10. The number of ether oxygens (including phenoxy) is 1. The molecular weight excluding hydrogens is 460 g/mol. The highest BCUT2D eigenvalue weighted by Gasteiger charge is 2.23. The third kappa shape index (κ3) is 5.32. The summed E-state index contributed by atoms with van der Waals surface area (Å²) < 4.78 is 12.2. The topological polar surface area (TPSA) is 71.7 Å². The molecule has 2 heterocycles. The number of carbonyl (C=O) groups is 1. The monoisotopic (exact) mass is 484 g/mol. The number of hydrogen-bond acceptors (Lipinski definition) is 6. The van der Waals surface area contributed by atoms with Crippen LogP contribution in [0.15, 0.2) is 51.5 Å². The van der Waals surface area contributed by atoms with Crippen molar-refractivity contribution in [3.8, 4) is 17.1 Å². The van der Waals surface area contributed by atoms with Crippen molar-refractivity contribution in [2.24, 2.45) is 0 Å². The van der Waals surface area contributed by atoms with Crippen molar-refractivity contribution in [2.75, 3.05) is 32.8 Å². The molecule has 0 aliphatic carbocycles. The van der Waals surface area contributed by atoms with Crippen molar-refractivity contribution in [3.63, 3.8) is 0 Å². The Kier molecular flexibility index (Phi) is 6.67. The Balaban J connectivity index is 1.26. The van der Waals surface area contributed by atoms with E-state index in [1.807, 2.05) is 61.2 Å². The van der Waals surface area contributed by atoms with Gasteiger partial charge >= 0.3 is 0 Å². The molecule has 2 aromatic carbocycles. The first-order valence-electron chi connectivity index (χ1n) is 10.3. The van der Waals surface area contributed by atoms with Crippen molar-refractivity contribution >= 4 is 21.8 Å². The molecule has 1 aliphatic heterocycles. The van der Waals surface area contributed by atoms with Crippen LogP contribution in [0.2, 0.25) is 0 Å². The highest BCUT2D eigenvalue weighted by atomic mass is 79.9. The van der Waals surface area contributed by atoms with Gasteiger partial charge in [0.1, 0.15) is 5.75 Å². The summed E-state index contributed by atoms with van der Waals surface area (Å²) in [4.78, 5) is 21.1. The molecule has 1 aliphatic rings. The largest absolute Gasteiger partial charge is 0.483 e. The summed E-state index contributed by atoms with van der Waals surface area (Å²) in [5.41, 5.74) is 3.13. The van der Waals surface area contributed by atoms with Crippen LogP contribution < -0.4 is 4.74 Å². The molecule has 0 radical (unpaired) electrons. The molecule has 0 spiro atoms. The minimum Gasteiger partial charge on any atom is -0.483 e. The maximum absolute atomic E-state index is 12.6. The summed E-state index contributed by atoms with van der Waals surface area (Å²) >= 11 is 3.46. The molecule has 7 nitrogen and oxygen atoms in total. The van der Waals surface area contributed by atoms with Crippen molar-refractivity contribution in [1.29, 1.82) is 0 Å². The molecule has 0 bridgehead atoms. The van der Waals surface area contributed by atoms with E-state index in [9.17, 15) is 4.79 Å².